The van der Waals surface area contributed by atoms with Crippen molar-refractivity contribution in [3.63, 3.8) is 0 Å². The van der Waals surface area contributed by atoms with Gasteiger partial charge < -0.3 is 4.90 Å². The molecule has 0 bridgehead atoms. The van der Waals surface area contributed by atoms with Gasteiger partial charge in [-0.15, -0.1) is 11.3 Å². The van der Waals surface area contributed by atoms with E-state index in [4.69, 9.17) is 0 Å². The summed E-state index contributed by atoms with van der Waals surface area (Å²) in [5.74, 6) is 0.143. The van der Waals surface area contributed by atoms with Crippen molar-refractivity contribution in [2.45, 2.75) is 19.3 Å². The molecule has 1 saturated heterocycles. The minimum atomic E-state index is 0.143. The molecule has 1 aromatic carbocycles. The van der Waals surface area contributed by atoms with Crippen molar-refractivity contribution < 1.29 is 4.79 Å². The molecule has 108 valence electrons. The number of amides is 1. The zero-order valence-corrected chi connectivity index (χ0v) is 12.8. The lowest BCUT2D eigenvalue weighted by atomic mass is 10.1. The van der Waals surface area contributed by atoms with Gasteiger partial charge in [-0.05, 0) is 47.9 Å². The van der Waals surface area contributed by atoms with Crippen LogP contribution in [0.25, 0.3) is 17.2 Å². The highest BCUT2D eigenvalue weighted by molar-refractivity contribution is 7.11. The molecule has 3 rings (SSSR count). The summed E-state index contributed by atoms with van der Waals surface area (Å²) in [7, 11) is 0. The molecule has 0 aliphatic carbocycles. The molecule has 0 unspecified atom stereocenters. The zero-order chi connectivity index (χ0) is 14.5. The van der Waals surface area contributed by atoms with Crippen molar-refractivity contribution in [3.8, 4) is 11.1 Å². The predicted molar refractivity (Wildman–Crippen MR) is 89.2 cm³/mol. The maximum Gasteiger partial charge on any atom is 0.246 e. The predicted octanol–water partition coefficient (Wildman–Crippen LogP) is 4.44. The molecule has 3 heteroatoms. The number of carbonyl (C=O) groups excluding carboxylic acids is 1. The molecule has 0 radical (unpaired) electrons. The maximum atomic E-state index is 12.1. The Bertz CT molecular complexity index is 624. The van der Waals surface area contributed by atoms with E-state index < -0.39 is 0 Å². The number of hydrogen-bond acceptors (Lipinski definition) is 2. The Hall–Kier alpha value is -1.87. The van der Waals surface area contributed by atoms with Gasteiger partial charge in [-0.3, -0.25) is 4.79 Å². The largest absolute Gasteiger partial charge is 0.339 e. The normalized spacial score (nSPS) is 15.5. The first kappa shape index (κ1) is 14.1. The second-order valence-electron chi connectivity index (χ2n) is 5.32. The minimum Gasteiger partial charge on any atom is -0.339 e. The van der Waals surface area contributed by atoms with Crippen LogP contribution in [-0.4, -0.2) is 23.9 Å². The Morgan fingerprint density at radius 1 is 1.05 bits per heavy atom. The van der Waals surface area contributed by atoms with Crippen molar-refractivity contribution in [1.82, 2.24) is 4.90 Å². The van der Waals surface area contributed by atoms with E-state index in [2.05, 4.69) is 23.6 Å². The Kier molecular flexibility index (Phi) is 4.51. The molecule has 21 heavy (non-hydrogen) atoms. The average molecular weight is 297 g/mol. The number of thiophene rings is 1. The molecule has 2 aromatic rings. The fourth-order valence-electron chi connectivity index (χ4n) is 2.60. The van der Waals surface area contributed by atoms with E-state index in [-0.39, 0.29) is 5.91 Å². The van der Waals surface area contributed by atoms with E-state index in [0.29, 0.717) is 0 Å². The number of carbonyl (C=O) groups is 1. The average Bonchev–Trinajstić information content (AvgIpc) is 3.03. The van der Waals surface area contributed by atoms with Gasteiger partial charge in [0.25, 0.3) is 0 Å². The summed E-state index contributed by atoms with van der Waals surface area (Å²) in [5.41, 5.74) is 2.43. The second-order valence-corrected chi connectivity index (χ2v) is 6.27. The molecular weight excluding hydrogens is 278 g/mol. The molecule has 1 fully saturated rings. The number of nitrogens with zero attached hydrogens (tertiary/aromatic N) is 1. The maximum absolute atomic E-state index is 12.1. The third kappa shape index (κ3) is 3.61. The highest BCUT2D eigenvalue weighted by Crippen LogP contribution is 2.26. The number of rotatable bonds is 3. The molecule has 2 nitrogen and oxygen atoms in total. The van der Waals surface area contributed by atoms with Crippen LogP contribution in [0.15, 0.2) is 47.9 Å². The fraction of sp³-hybridized carbons (Fsp3) is 0.278. The van der Waals surface area contributed by atoms with Crippen LogP contribution in [0.2, 0.25) is 0 Å². The van der Waals surface area contributed by atoms with Gasteiger partial charge in [0.1, 0.15) is 0 Å². The number of likely N-dealkylation sites (tertiary alicyclic amines) is 1. The Balaban J connectivity index is 1.66. The van der Waals surface area contributed by atoms with Crippen molar-refractivity contribution in [2.75, 3.05) is 13.1 Å². The van der Waals surface area contributed by atoms with Crippen LogP contribution in [0.3, 0.4) is 0 Å². The summed E-state index contributed by atoms with van der Waals surface area (Å²) in [4.78, 5) is 15.2. The van der Waals surface area contributed by atoms with Gasteiger partial charge in [-0.2, -0.15) is 0 Å². The van der Waals surface area contributed by atoms with Gasteiger partial charge >= 0.3 is 0 Å². The van der Waals surface area contributed by atoms with Crippen molar-refractivity contribution in [3.05, 3.63) is 52.7 Å². The topological polar surface area (TPSA) is 20.3 Å². The molecule has 0 N–H and O–H groups in total. The first-order chi connectivity index (χ1) is 10.3. The summed E-state index contributed by atoms with van der Waals surface area (Å²) in [6.07, 6.45) is 7.17. The smallest absolute Gasteiger partial charge is 0.246 e. The fourth-order valence-corrected chi connectivity index (χ4v) is 3.40. The van der Waals surface area contributed by atoms with Crippen LogP contribution < -0.4 is 0 Å². The molecule has 0 spiro atoms. The van der Waals surface area contributed by atoms with E-state index in [0.717, 1.165) is 30.8 Å². The van der Waals surface area contributed by atoms with E-state index in [1.54, 1.807) is 17.4 Å². The van der Waals surface area contributed by atoms with Crippen LogP contribution in [-0.2, 0) is 4.79 Å². The first-order valence-electron chi connectivity index (χ1n) is 7.44. The van der Waals surface area contributed by atoms with E-state index >= 15 is 0 Å². The van der Waals surface area contributed by atoms with Gasteiger partial charge in [-0.25, -0.2) is 0 Å². The molecular formula is C18H19NOS. The Labute approximate surface area is 129 Å². The number of benzene rings is 1. The number of piperidine rings is 1. The van der Waals surface area contributed by atoms with E-state index in [1.165, 1.54) is 17.5 Å². The van der Waals surface area contributed by atoms with Crippen LogP contribution in [0, 0.1) is 0 Å². The van der Waals surface area contributed by atoms with Gasteiger partial charge in [0.15, 0.2) is 0 Å². The summed E-state index contributed by atoms with van der Waals surface area (Å²) < 4.78 is 0. The molecule has 1 aliphatic heterocycles. The monoisotopic (exact) mass is 297 g/mol. The molecule has 2 heterocycles. The molecule has 0 atom stereocenters. The van der Waals surface area contributed by atoms with Crippen LogP contribution in [0.5, 0.6) is 0 Å². The van der Waals surface area contributed by atoms with Crippen molar-refractivity contribution in [1.29, 1.82) is 0 Å². The molecule has 0 saturated carbocycles. The van der Waals surface area contributed by atoms with Crippen molar-refractivity contribution in [2.24, 2.45) is 0 Å². The van der Waals surface area contributed by atoms with E-state index in [1.807, 2.05) is 29.2 Å². The Morgan fingerprint density at radius 3 is 2.57 bits per heavy atom. The summed E-state index contributed by atoms with van der Waals surface area (Å²) in [5, 5.41) is 2.14. The van der Waals surface area contributed by atoms with E-state index in [9.17, 15) is 4.79 Å². The second kappa shape index (κ2) is 6.72. The van der Waals surface area contributed by atoms with Crippen LogP contribution in [0.1, 0.15) is 24.1 Å². The van der Waals surface area contributed by atoms with Gasteiger partial charge in [0.05, 0.1) is 0 Å². The minimum absolute atomic E-state index is 0.143. The van der Waals surface area contributed by atoms with Gasteiger partial charge in [0, 0.05) is 24.0 Å². The van der Waals surface area contributed by atoms with Gasteiger partial charge in [0.2, 0.25) is 5.91 Å². The quantitative estimate of drug-likeness (QED) is 0.767. The highest BCUT2D eigenvalue weighted by Gasteiger charge is 2.13. The van der Waals surface area contributed by atoms with Crippen LogP contribution >= 0.6 is 11.3 Å². The molecule has 1 amide bonds. The first-order valence-corrected chi connectivity index (χ1v) is 8.32. The lowest BCUT2D eigenvalue weighted by Crippen LogP contribution is -2.34. The number of hydrogen-bond donors (Lipinski definition) is 0. The lowest BCUT2D eigenvalue weighted by Gasteiger charge is -2.25. The molecule has 1 aromatic heterocycles. The van der Waals surface area contributed by atoms with Crippen molar-refractivity contribution >= 4 is 23.3 Å². The third-order valence-electron chi connectivity index (χ3n) is 3.78. The zero-order valence-electron chi connectivity index (χ0n) is 12.0. The summed E-state index contributed by atoms with van der Waals surface area (Å²) >= 11 is 1.68. The summed E-state index contributed by atoms with van der Waals surface area (Å²) in [6.45, 7) is 1.81. The third-order valence-corrected chi connectivity index (χ3v) is 4.68. The van der Waals surface area contributed by atoms with Gasteiger partial charge in [-0.1, -0.05) is 30.3 Å². The Morgan fingerprint density at radius 2 is 1.81 bits per heavy atom. The summed E-state index contributed by atoms with van der Waals surface area (Å²) in [6, 6.07) is 12.5. The standard InChI is InChI=1S/C18H19NOS/c20-18(19-11-5-2-6-12-19)10-9-17-13-16(14-21-17)15-7-3-1-4-8-15/h1,3-4,7-10,13-14H,2,5-6,11-12H2/b10-9+. The lowest BCUT2D eigenvalue weighted by molar-refractivity contribution is -0.126. The highest BCUT2D eigenvalue weighted by atomic mass is 32.1. The molecule has 1 aliphatic rings. The van der Waals surface area contributed by atoms with Crippen LogP contribution in [0.4, 0.5) is 0 Å². The SMILES string of the molecule is O=C(/C=C/c1cc(-c2ccccc2)cs1)N1CCCCC1.